The third-order valence-corrected chi connectivity index (χ3v) is 4.85. The van der Waals surface area contributed by atoms with Crippen molar-refractivity contribution < 1.29 is 14.0 Å². The standard InChI is InChI=1S/C20H14N2O3S/c23-19(16-9-4-12-25-16)22-18-11-10-17(26-18)20(24)21-15-8-3-6-13-5-1-2-7-14(13)15/h1-12H,(H,21,24)(H,22,23). The van der Waals surface area contributed by atoms with E-state index in [2.05, 4.69) is 10.6 Å². The fourth-order valence-corrected chi connectivity index (χ4v) is 3.42. The fourth-order valence-electron chi connectivity index (χ4n) is 2.63. The Morgan fingerprint density at radius 3 is 2.50 bits per heavy atom. The molecule has 128 valence electrons. The first-order valence-corrected chi connectivity index (χ1v) is 8.76. The van der Waals surface area contributed by atoms with Crippen LogP contribution in [-0.4, -0.2) is 11.8 Å². The number of carbonyl (C=O) groups is 2. The van der Waals surface area contributed by atoms with Crippen molar-refractivity contribution in [3.63, 3.8) is 0 Å². The van der Waals surface area contributed by atoms with E-state index in [9.17, 15) is 9.59 Å². The van der Waals surface area contributed by atoms with Crippen LogP contribution in [-0.2, 0) is 0 Å². The van der Waals surface area contributed by atoms with E-state index in [1.165, 1.54) is 17.6 Å². The number of hydrogen-bond acceptors (Lipinski definition) is 4. The summed E-state index contributed by atoms with van der Waals surface area (Å²) in [4.78, 5) is 25.1. The Bertz CT molecular complexity index is 1080. The summed E-state index contributed by atoms with van der Waals surface area (Å²) in [6.07, 6.45) is 1.44. The molecule has 0 aliphatic heterocycles. The number of amides is 2. The van der Waals surface area contributed by atoms with Gasteiger partial charge in [-0.15, -0.1) is 11.3 Å². The van der Waals surface area contributed by atoms with E-state index >= 15 is 0 Å². The SMILES string of the molecule is O=C(Nc1ccc(C(=O)Nc2cccc3ccccc23)s1)c1ccco1. The molecule has 0 atom stereocenters. The third kappa shape index (κ3) is 3.22. The van der Waals surface area contributed by atoms with Crippen LogP contribution in [0, 0.1) is 0 Å². The number of benzene rings is 2. The Morgan fingerprint density at radius 1 is 0.808 bits per heavy atom. The Kier molecular flexibility index (Phi) is 4.25. The average molecular weight is 362 g/mol. The highest BCUT2D eigenvalue weighted by Crippen LogP contribution is 2.26. The van der Waals surface area contributed by atoms with Gasteiger partial charge >= 0.3 is 0 Å². The zero-order valence-corrected chi connectivity index (χ0v) is 14.4. The summed E-state index contributed by atoms with van der Waals surface area (Å²) in [7, 11) is 0. The molecule has 2 heterocycles. The van der Waals surface area contributed by atoms with Crippen LogP contribution in [0.25, 0.3) is 10.8 Å². The molecule has 0 unspecified atom stereocenters. The van der Waals surface area contributed by atoms with Gasteiger partial charge in [0, 0.05) is 11.1 Å². The summed E-state index contributed by atoms with van der Waals surface area (Å²) >= 11 is 1.21. The molecular weight excluding hydrogens is 348 g/mol. The van der Waals surface area contributed by atoms with E-state index in [1.54, 1.807) is 24.3 Å². The van der Waals surface area contributed by atoms with Crippen LogP contribution in [0.5, 0.6) is 0 Å². The van der Waals surface area contributed by atoms with E-state index in [0.717, 1.165) is 16.5 Å². The van der Waals surface area contributed by atoms with Crippen LogP contribution < -0.4 is 10.6 Å². The predicted octanol–water partition coefficient (Wildman–Crippen LogP) is 5.00. The molecule has 2 N–H and O–H groups in total. The van der Waals surface area contributed by atoms with Crippen molar-refractivity contribution in [3.8, 4) is 0 Å². The summed E-state index contributed by atoms with van der Waals surface area (Å²) in [5.74, 6) is -0.345. The summed E-state index contributed by atoms with van der Waals surface area (Å²) in [5, 5.41) is 8.27. The Balaban J connectivity index is 1.50. The molecule has 26 heavy (non-hydrogen) atoms. The second-order valence-corrected chi connectivity index (χ2v) is 6.66. The molecule has 0 bridgehead atoms. The van der Waals surface area contributed by atoms with Gasteiger partial charge < -0.3 is 15.1 Å². The number of hydrogen-bond donors (Lipinski definition) is 2. The van der Waals surface area contributed by atoms with Crippen LogP contribution in [0.3, 0.4) is 0 Å². The van der Waals surface area contributed by atoms with Crippen molar-refractivity contribution in [2.75, 3.05) is 10.6 Å². The maximum absolute atomic E-state index is 12.6. The third-order valence-electron chi connectivity index (χ3n) is 3.85. The molecule has 2 aromatic heterocycles. The van der Waals surface area contributed by atoms with Gasteiger partial charge in [-0.05, 0) is 35.7 Å². The molecular formula is C20H14N2O3S. The van der Waals surface area contributed by atoms with Crippen LogP contribution >= 0.6 is 11.3 Å². The lowest BCUT2D eigenvalue weighted by Gasteiger charge is -2.07. The molecule has 4 aromatic rings. The highest BCUT2D eigenvalue weighted by Gasteiger charge is 2.14. The number of furan rings is 1. The van der Waals surface area contributed by atoms with Gasteiger partial charge in [0.2, 0.25) is 0 Å². The molecule has 2 amide bonds. The highest BCUT2D eigenvalue weighted by atomic mass is 32.1. The second kappa shape index (κ2) is 6.85. The van der Waals surface area contributed by atoms with Crippen LogP contribution in [0.4, 0.5) is 10.7 Å². The van der Waals surface area contributed by atoms with Gasteiger partial charge in [-0.3, -0.25) is 9.59 Å². The highest BCUT2D eigenvalue weighted by molar-refractivity contribution is 7.18. The predicted molar refractivity (Wildman–Crippen MR) is 103 cm³/mol. The van der Waals surface area contributed by atoms with Gasteiger partial charge in [0.25, 0.3) is 11.8 Å². The molecule has 0 spiro atoms. The lowest BCUT2D eigenvalue weighted by atomic mass is 10.1. The van der Waals surface area contributed by atoms with Crippen LogP contribution in [0.15, 0.2) is 77.4 Å². The monoisotopic (exact) mass is 362 g/mol. The molecule has 0 aliphatic carbocycles. The molecule has 0 saturated carbocycles. The topological polar surface area (TPSA) is 71.3 Å². The zero-order valence-electron chi connectivity index (χ0n) is 13.6. The summed E-state index contributed by atoms with van der Waals surface area (Å²) in [6, 6.07) is 20.2. The van der Waals surface area contributed by atoms with Crippen molar-refractivity contribution in [1.29, 1.82) is 0 Å². The van der Waals surface area contributed by atoms with Crippen molar-refractivity contribution in [3.05, 3.63) is 83.6 Å². The number of rotatable bonds is 4. The van der Waals surface area contributed by atoms with Gasteiger partial charge in [0.1, 0.15) is 0 Å². The minimum atomic E-state index is -0.349. The smallest absolute Gasteiger partial charge is 0.291 e. The van der Waals surface area contributed by atoms with Gasteiger partial charge in [-0.1, -0.05) is 36.4 Å². The van der Waals surface area contributed by atoms with E-state index in [-0.39, 0.29) is 17.6 Å². The number of anilines is 2. The molecule has 0 fully saturated rings. The van der Waals surface area contributed by atoms with Crippen molar-refractivity contribution in [1.82, 2.24) is 0 Å². The minimum absolute atomic E-state index is 0.218. The van der Waals surface area contributed by atoms with Crippen molar-refractivity contribution in [2.45, 2.75) is 0 Å². The number of thiophene rings is 1. The molecule has 4 rings (SSSR count). The normalized spacial score (nSPS) is 10.6. The summed E-state index contributed by atoms with van der Waals surface area (Å²) < 4.78 is 5.05. The van der Waals surface area contributed by atoms with Crippen LogP contribution in [0.1, 0.15) is 20.2 Å². The minimum Gasteiger partial charge on any atom is -0.459 e. The Hall–Kier alpha value is -3.38. The lowest BCUT2D eigenvalue weighted by molar-refractivity contribution is 0.0995. The maximum Gasteiger partial charge on any atom is 0.291 e. The van der Waals surface area contributed by atoms with Gasteiger partial charge in [0.05, 0.1) is 16.1 Å². The van der Waals surface area contributed by atoms with Crippen molar-refractivity contribution >= 4 is 44.6 Å². The Morgan fingerprint density at radius 2 is 1.65 bits per heavy atom. The van der Waals surface area contributed by atoms with Gasteiger partial charge in [-0.25, -0.2) is 0 Å². The quantitative estimate of drug-likeness (QED) is 0.537. The largest absolute Gasteiger partial charge is 0.459 e. The first-order valence-electron chi connectivity index (χ1n) is 7.94. The summed E-state index contributed by atoms with van der Waals surface area (Å²) in [6.45, 7) is 0. The second-order valence-electron chi connectivity index (χ2n) is 5.58. The molecule has 5 nitrogen and oxygen atoms in total. The molecule has 0 aliphatic rings. The van der Waals surface area contributed by atoms with E-state index < -0.39 is 0 Å². The Labute approximate surface area is 153 Å². The molecule has 0 saturated heterocycles. The van der Waals surface area contributed by atoms with Crippen molar-refractivity contribution in [2.24, 2.45) is 0 Å². The van der Waals surface area contributed by atoms with Gasteiger partial charge in [-0.2, -0.15) is 0 Å². The van der Waals surface area contributed by atoms with Crippen LogP contribution in [0.2, 0.25) is 0 Å². The van der Waals surface area contributed by atoms with E-state index in [0.29, 0.717) is 9.88 Å². The number of nitrogens with one attached hydrogen (secondary N) is 2. The summed E-state index contributed by atoms with van der Waals surface area (Å²) in [5.41, 5.74) is 0.752. The molecule has 6 heteroatoms. The molecule has 2 aromatic carbocycles. The van der Waals surface area contributed by atoms with E-state index in [4.69, 9.17) is 4.42 Å². The molecule has 0 radical (unpaired) electrons. The first-order chi connectivity index (χ1) is 12.7. The number of fused-ring (bicyclic) bond motifs is 1. The lowest BCUT2D eigenvalue weighted by Crippen LogP contribution is -2.11. The fraction of sp³-hybridized carbons (Fsp3) is 0. The van der Waals surface area contributed by atoms with Gasteiger partial charge in [0.15, 0.2) is 5.76 Å². The zero-order chi connectivity index (χ0) is 17.9. The van der Waals surface area contributed by atoms with E-state index in [1.807, 2.05) is 42.5 Å². The maximum atomic E-state index is 12.6. The average Bonchev–Trinajstić information content (AvgIpc) is 3.34. The first kappa shape index (κ1) is 16.1. The number of carbonyl (C=O) groups excluding carboxylic acids is 2.